The zero-order valence-corrected chi connectivity index (χ0v) is 11.2. The summed E-state index contributed by atoms with van der Waals surface area (Å²) in [6, 6.07) is 11.4. The van der Waals surface area contributed by atoms with Gasteiger partial charge in [-0.1, -0.05) is 35.5 Å². The van der Waals surface area contributed by atoms with Crippen LogP contribution in [0.2, 0.25) is 0 Å². The van der Waals surface area contributed by atoms with Gasteiger partial charge in [-0.05, 0) is 12.5 Å². The molecule has 0 unspecified atom stereocenters. The Morgan fingerprint density at radius 3 is 2.60 bits per heavy atom. The van der Waals surface area contributed by atoms with Gasteiger partial charge < -0.3 is 4.52 Å². The quantitative estimate of drug-likeness (QED) is 0.786. The zero-order valence-electron chi connectivity index (χ0n) is 11.2. The van der Waals surface area contributed by atoms with Crippen LogP contribution in [0, 0.1) is 6.92 Å². The molecule has 20 heavy (non-hydrogen) atoms. The van der Waals surface area contributed by atoms with Crippen LogP contribution in [0.25, 0.3) is 0 Å². The van der Waals surface area contributed by atoms with E-state index in [1.165, 1.54) is 0 Å². The van der Waals surface area contributed by atoms with Gasteiger partial charge in [-0.3, -0.25) is 9.59 Å². The molecule has 1 fully saturated rings. The van der Waals surface area contributed by atoms with Crippen LogP contribution in [-0.2, 0) is 9.59 Å². The average molecular weight is 269 g/mol. The van der Waals surface area contributed by atoms with Crippen molar-refractivity contribution >= 4 is 11.6 Å². The molecule has 1 aromatic carbocycles. The first-order valence-electron chi connectivity index (χ1n) is 6.67. The van der Waals surface area contributed by atoms with Crippen molar-refractivity contribution in [2.75, 3.05) is 0 Å². The van der Waals surface area contributed by atoms with E-state index in [1.54, 1.807) is 6.07 Å². The smallest absolute Gasteiger partial charge is 0.151 e. The molecule has 4 nitrogen and oxygen atoms in total. The summed E-state index contributed by atoms with van der Waals surface area (Å²) >= 11 is 0. The third kappa shape index (κ3) is 2.29. The molecule has 102 valence electrons. The number of nitrogens with zero attached hydrogens (tertiary/aromatic N) is 1. The second-order valence-electron chi connectivity index (χ2n) is 5.25. The fraction of sp³-hybridized carbons (Fsp3) is 0.312. The highest BCUT2D eigenvalue weighted by Crippen LogP contribution is 2.40. The molecule has 1 aliphatic rings. The van der Waals surface area contributed by atoms with Crippen molar-refractivity contribution in [3.63, 3.8) is 0 Å². The summed E-state index contributed by atoms with van der Waals surface area (Å²) in [5.74, 6) is -0.0787. The number of hydrogen-bond donors (Lipinski definition) is 0. The van der Waals surface area contributed by atoms with E-state index >= 15 is 0 Å². The lowest BCUT2D eigenvalue weighted by Gasteiger charge is -2.28. The maximum atomic E-state index is 12.3. The highest BCUT2D eigenvalue weighted by atomic mass is 16.5. The van der Waals surface area contributed by atoms with Crippen molar-refractivity contribution in [1.29, 1.82) is 0 Å². The van der Waals surface area contributed by atoms with Crippen LogP contribution >= 0.6 is 0 Å². The maximum absolute atomic E-state index is 12.3. The van der Waals surface area contributed by atoms with Crippen molar-refractivity contribution < 1.29 is 14.1 Å². The maximum Gasteiger partial charge on any atom is 0.151 e. The summed E-state index contributed by atoms with van der Waals surface area (Å²) in [4.78, 5) is 24.1. The Labute approximate surface area is 116 Å². The van der Waals surface area contributed by atoms with Gasteiger partial charge in [-0.2, -0.15) is 0 Å². The van der Waals surface area contributed by atoms with E-state index in [1.807, 2.05) is 37.3 Å². The van der Waals surface area contributed by atoms with E-state index in [-0.39, 0.29) is 23.9 Å². The highest BCUT2D eigenvalue weighted by molar-refractivity contribution is 6.05. The zero-order chi connectivity index (χ0) is 14.1. The fourth-order valence-electron chi connectivity index (χ4n) is 2.86. The number of Topliss-reactive ketones (excluding diaryl/α,β-unsaturated/α-hetero) is 2. The van der Waals surface area contributed by atoms with Gasteiger partial charge in [0.25, 0.3) is 0 Å². The Hall–Kier alpha value is -2.23. The van der Waals surface area contributed by atoms with Gasteiger partial charge in [0, 0.05) is 18.4 Å². The minimum absolute atomic E-state index is 0.00339. The second kappa shape index (κ2) is 5.04. The van der Waals surface area contributed by atoms with Crippen LogP contribution < -0.4 is 0 Å². The lowest BCUT2D eigenvalue weighted by atomic mass is 9.73. The van der Waals surface area contributed by atoms with Gasteiger partial charge in [0.05, 0.1) is 18.0 Å². The Kier molecular flexibility index (Phi) is 3.22. The molecule has 0 aliphatic heterocycles. The molecule has 2 atom stereocenters. The minimum atomic E-state index is -0.406. The lowest BCUT2D eigenvalue weighted by molar-refractivity contribution is -0.131. The first-order chi connectivity index (χ1) is 9.65. The number of aromatic nitrogens is 1. The molecule has 3 rings (SSSR count). The van der Waals surface area contributed by atoms with Gasteiger partial charge in [0.2, 0.25) is 0 Å². The van der Waals surface area contributed by atoms with Gasteiger partial charge in [-0.25, -0.2) is 0 Å². The van der Waals surface area contributed by atoms with Crippen LogP contribution in [0.4, 0.5) is 0 Å². The number of carbonyl (C=O) groups excluding carboxylic acids is 2. The SMILES string of the molecule is Cc1cc([C@H]2C(=O)CC(=O)C[C@H]2c2ccccc2)on1. The predicted molar refractivity (Wildman–Crippen MR) is 72.4 cm³/mol. The number of benzene rings is 1. The van der Waals surface area contributed by atoms with Gasteiger partial charge in [-0.15, -0.1) is 0 Å². The van der Waals surface area contributed by atoms with Crippen LogP contribution in [0.3, 0.4) is 0 Å². The molecule has 0 amide bonds. The van der Waals surface area contributed by atoms with E-state index in [9.17, 15) is 9.59 Å². The first kappa shape index (κ1) is 12.8. The average Bonchev–Trinajstić information content (AvgIpc) is 2.85. The molecule has 2 aromatic rings. The van der Waals surface area contributed by atoms with Crippen molar-refractivity contribution in [2.45, 2.75) is 31.6 Å². The number of aryl methyl sites for hydroxylation is 1. The Bertz CT molecular complexity index is 645. The van der Waals surface area contributed by atoms with Crippen molar-refractivity contribution in [3.05, 3.63) is 53.4 Å². The second-order valence-corrected chi connectivity index (χ2v) is 5.25. The summed E-state index contributed by atoms with van der Waals surface area (Å²) in [5, 5.41) is 3.86. The normalized spacial score (nSPS) is 23.1. The summed E-state index contributed by atoms with van der Waals surface area (Å²) in [5.41, 5.74) is 1.74. The van der Waals surface area contributed by atoms with E-state index < -0.39 is 5.92 Å². The molecular weight excluding hydrogens is 254 g/mol. The van der Waals surface area contributed by atoms with Gasteiger partial charge in [0.1, 0.15) is 11.5 Å². The molecular formula is C16H15NO3. The summed E-state index contributed by atoms with van der Waals surface area (Å²) in [7, 11) is 0. The Morgan fingerprint density at radius 2 is 1.95 bits per heavy atom. The number of hydrogen-bond acceptors (Lipinski definition) is 4. The predicted octanol–water partition coefficient (Wildman–Crippen LogP) is 2.78. The van der Waals surface area contributed by atoms with E-state index in [0.717, 1.165) is 11.3 Å². The largest absolute Gasteiger partial charge is 0.360 e. The third-order valence-corrected chi connectivity index (χ3v) is 3.75. The van der Waals surface area contributed by atoms with Crippen molar-refractivity contribution in [1.82, 2.24) is 5.16 Å². The van der Waals surface area contributed by atoms with Crippen molar-refractivity contribution in [2.24, 2.45) is 0 Å². The van der Waals surface area contributed by atoms with Gasteiger partial charge in [0.15, 0.2) is 5.78 Å². The van der Waals surface area contributed by atoms with Crippen LogP contribution in [0.5, 0.6) is 0 Å². The number of ketones is 2. The fourth-order valence-corrected chi connectivity index (χ4v) is 2.86. The molecule has 1 aliphatic carbocycles. The van der Waals surface area contributed by atoms with Crippen molar-refractivity contribution in [3.8, 4) is 0 Å². The standard InChI is InChI=1S/C16H15NO3/c1-10-7-15(20-17-10)16-13(8-12(18)9-14(16)19)11-5-3-2-4-6-11/h2-7,13,16H,8-9H2,1H3/t13-,16+/m0/s1. The number of carbonyl (C=O) groups is 2. The molecule has 1 heterocycles. The highest BCUT2D eigenvalue weighted by Gasteiger charge is 2.39. The van der Waals surface area contributed by atoms with E-state index in [0.29, 0.717) is 12.2 Å². The minimum Gasteiger partial charge on any atom is -0.360 e. The summed E-state index contributed by atoms with van der Waals surface area (Å²) in [6.45, 7) is 1.82. The lowest BCUT2D eigenvalue weighted by Crippen LogP contribution is -2.30. The molecule has 0 spiro atoms. The molecule has 0 saturated heterocycles. The molecule has 0 bridgehead atoms. The van der Waals surface area contributed by atoms with Crippen LogP contribution in [0.15, 0.2) is 40.9 Å². The Balaban J connectivity index is 2.03. The van der Waals surface area contributed by atoms with Gasteiger partial charge >= 0.3 is 0 Å². The van der Waals surface area contributed by atoms with Crippen LogP contribution in [0.1, 0.15) is 41.7 Å². The first-order valence-corrected chi connectivity index (χ1v) is 6.67. The third-order valence-electron chi connectivity index (χ3n) is 3.75. The summed E-state index contributed by atoms with van der Waals surface area (Å²) in [6.07, 6.45) is 0.369. The number of rotatable bonds is 2. The Morgan fingerprint density at radius 1 is 1.20 bits per heavy atom. The molecule has 4 heteroatoms. The molecule has 1 saturated carbocycles. The molecule has 1 aromatic heterocycles. The van der Waals surface area contributed by atoms with Crippen LogP contribution in [-0.4, -0.2) is 16.7 Å². The molecule has 0 radical (unpaired) electrons. The van der Waals surface area contributed by atoms with E-state index in [2.05, 4.69) is 5.16 Å². The molecule has 0 N–H and O–H groups in total. The monoisotopic (exact) mass is 269 g/mol. The van der Waals surface area contributed by atoms with E-state index in [4.69, 9.17) is 4.52 Å². The topological polar surface area (TPSA) is 60.2 Å². The summed E-state index contributed by atoms with van der Waals surface area (Å²) < 4.78 is 5.28.